The van der Waals surface area contributed by atoms with Crippen LogP contribution in [0.1, 0.15) is 41.5 Å². The third-order valence-corrected chi connectivity index (χ3v) is 2.90. The van der Waals surface area contributed by atoms with Crippen molar-refractivity contribution in [2.45, 2.75) is 41.5 Å². The van der Waals surface area contributed by atoms with Gasteiger partial charge in [0.1, 0.15) is 0 Å². The van der Waals surface area contributed by atoms with Crippen LogP contribution in [-0.4, -0.2) is 0 Å². The SMILES string of the molecule is CC(C)=C1[C@@H](C(C)C)C1(C)C. The van der Waals surface area contributed by atoms with E-state index in [2.05, 4.69) is 41.5 Å². The van der Waals surface area contributed by atoms with E-state index >= 15 is 0 Å². The fourth-order valence-electron chi connectivity index (χ4n) is 2.70. The first-order chi connectivity index (χ1) is 4.89. The van der Waals surface area contributed by atoms with E-state index in [4.69, 9.17) is 0 Å². The summed E-state index contributed by atoms with van der Waals surface area (Å²) in [6.45, 7) is 13.8. The minimum atomic E-state index is 0.507. The van der Waals surface area contributed by atoms with Crippen molar-refractivity contribution in [3.8, 4) is 0 Å². The molecule has 0 spiro atoms. The second kappa shape index (κ2) is 2.36. The van der Waals surface area contributed by atoms with Crippen LogP contribution in [0.25, 0.3) is 0 Å². The topological polar surface area (TPSA) is 0 Å². The van der Waals surface area contributed by atoms with Gasteiger partial charge in [-0.1, -0.05) is 38.8 Å². The summed E-state index contributed by atoms with van der Waals surface area (Å²) in [4.78, 5) is 0. The molecule has 0 aromatic carbocycles. The summed E-state index contributed by atoms with van der Waals surface area (Å²) in [7, 11) is 0. The molecule has 1 rings (SSSR count). The Bertz CT molecular complexity index is 190. The van der Waals surface area contributed by atoms with Crippen LogP contribution in [0.15, 0.2) is 11.1 Å². The van der Waals surface area contributed by atoms with Gasteiger partial charge in [-0.3, -0.25) is 0 Å². The predicted molar refractivity (Wildman–Crippen MR) is 50.5 cm³/mol. The van der Waals surface area contributed by atoms with Gasteiger partial charge >= 0.3 is 0 Å². The van der Waals surface area contributed by atoms with Crippen molar-refractivity contribution in [3.05, 3.63) is 11.1 Å². The van der Waals surface area contributed by atoms with Gasteiger partial charge in [0.2, 0.25) is 0 Å². The lowest BCUT2D eigenvalue weighted by Crippen LogP contribution is -1.96. The average molecular weight is 152 g/mol. The van der Waals surface area contributed by atoms with E-state index in [1.807, 2.05) is 0 Å². The molecular formula is C11H20. The third-order valence-electron chi connectivity index (χ3n) is 2.90. The Balaban J connectivity index is 2.85. The van der Waals surface area contributed by atoms with Gasteiger partial charge in [0.05, 0.1) is 0 Å². The summed E-state index contributed by atoms with van der Waals surface area (Å²) in [5.41, 5.74) is 3.74. The Labute approximate surface area is 70.7 Å². The van der Waals surface area contributed by atoms with Crippen molar-refractivity contribution >= 4 is 0 Å². The van der Waals surface area contributed by atoms with E-state index in [0.29, 0.717) is 5.41 Å². The molecule has 1 fully saturated rings. The predicted octanol–water partition coefficient (Wildman–Crippen LogP) is 3.63. The molecule has 0 saturated heterocycles. The van der Waals surface area contributed by atoms with E-state index in [-0.39, 0.29) is 0 Å². The first kappa shape index (κ1) is 8.83. The van der Waals surface area contributed by atoms with Gasteiger partial charge in [0.25, 0.3) is 0 Å². The Kier molecular flexibility index (Phi) is 1.90. The summed E-state index contributed by atoms with van der Waals surface area (Å²) >= 11 is 0. The zero-order valence-corrected chi connectivity index (χ0v) is 8.65. The normalized spacial score (nSPS) is 27.5. The molecule has 0 aliphatic heterocycles. The maximum absolute atomic E-state index is 2.36. The van der Waals surface area contributed by atoms with Crippen LogP contribution in [0.5, 0.6) is 0 Å². The fourth-order valence-corrected chi connectivity index (χ4v) is 2.70. The molecular weight excluding hydrogens is 132 g/mol. The van der Waals surface area contributed by atoms with Crippen LogP contribution >= 0.6 is 0 Å². The first-order valence-corrected chi connectivity index (χ1v) is 4.57. The molecule has 1 aliphatic rings. The molecule has 0 aromatic heterocycles. The van der Waals surface area contributed by atoms with Crippen LogP contribution in [0, 0.1) is 17.3 Å². The van der Waals surface area contributed by atoms with Crippen molar-refractivity contribution in [1.29, 1.82) is 0 Å². The molecule has 0 nitrogen and oxygen atoms in total. The molecule has 1 saturated carbocycles. The second-order valence-electron chi connectivity index (χ2n) is 4.86. The smallest absolute Gasteiger partial charge is 0.00709 e. The van der Waals surface area contributed by atoms with Gasteiger partial charge in [-0.2, -0.15) is 0 Å². The van der Waals surface area contributed by atoms with Crippen molar-refractivity contribution < 1.29 is 0 Å². The van der Waals surface area contributed by atoms with Crippen molar-refractivity contribution in [3.63, 3.8) is 0 Å². The Morgan fingerprint density at radius 1 is 1.27 bits per heavy atom. The van der Waals surface area contributed by atoms with E-state index in [0.717, 1.165) is 11.8 Å². The fraction of sp³-hybridized carbons (Fsp3) is 0.818. The minimum Gasteiger partial charge on any atom is -0.0763 e. The molecule has 0 heteroatoms. The van der Waals surface area contributed by atoms with E-state index in [1.54, 1.807) is 5.57 Å². The molecule has 1 aliphatic carbocycles. The molecule has 0 N–H and O–H groups in total. The zero-order valence-electron chi connectivity index (χ0n) is 8.65. The van der Waals surface area contributed by atoms with Gasteiger partial charge in [-0.25, -0.2) is 0 Å². The molecule has 11 heavy (non-hydrogen) atoms. The molecule has 64 valence electrons. The van der Waals surface area contributed by atoms with Crippen molar-refractivity contribution in [2.75, 3.05) is 0 Å². The van der Waals surface area contributed by atoms with Gasteiger partial charge < -0.3 is 0 Å². The van der Waals surface area contributed by atoms with Gasteiger partial charge in [0.15, 0.2) is 0 Å². The minimum absolute atomic E-state index is 0.507. The van der Waals surface area contributed by atoms with Crippen LogP contribution in [-0.2, 0) is 0 Å². The van der Waals surface area contributed by atoms with Crippen molar-refractivity contribution in [2.24, 2.45) is 17.3 Å². The summed E-state index contributed by atoms with van der Waals surface area (Å²) < 4.78 is 0. The summed E-state index contributed by atoms with van der Waals surface area (Å²) in [6.07, 6.45) is 0. The Morgan fingerprint density at radius 3 is 1.82 bits per heavy atom. The van der Waals surface area contributed by atoms with E-state index < -0.39 is 0 Å². The molecule has 1 atom stereocenters. The molecule has 0 unspecified atom stereocenters. The Morgan fingerprint density at radius 2 is 1.73 bits per heavy atom. The average Bonchev–Trinajstić information content (AvgIpc) is 2.33. The highest BCUT2D eigenvalue weighted by molar-refractivity contribution is 5.39. The van der Waals surface area contributed by atoms with Crippen LogP contribution < -0.4 is 0 Å². The molecule has 0 heterocycles. The maximum Gasteiger partial charge on any atom is -0.00709 e. The monoisotopic (exact) mass is 152 g/mol. The van der Waals surface area contributed by atoms with Crippen LogP contribution in [0.4, 0.5) is 0 Å². The van der Waals surface area contributed by atoms with Crippen molar-refractivity contribution in [1.82, 2.24) is 0 Å². The van der Waals surface area contributed by atoms with Gasteiger partial charge in [0, 0.05) is 0 Å². The lowest BCUT2D eigenvalue weighted by Gasteiger charge is -2.03. The highest BCUT2D eigenvalue weighted by atomic mass is 14.6. The van der Waals surface area contributed by atoms with E-state index in [9.17, 15) is 0 Å². The number of allylic oxidation sites excluding steroid dienone is 2. The van der Waals surface area contributed by atoms with Gasteiger partial charge in [-0.05, 0) is 31.1 Å². The highest BCUT2D eigenvalue weighted by Gasteiger charge is 2.53. The number of rotatable bonds is 1. The molecule has 0 aromatic rings. The quantitative estimate of drug-likeness (QED) is 0.503. The molecule has 0 bridgehead atoms. The maximum atomic E-state index is 2.36. The largest absolute Gasteiger partial charge is 0.0763 e. The number of hydrogen-bond donors (Lipinski definition) is 0. The zero-order chi connectivity index (χ0) is 8.81. The third kappa shape index (κ3) is 1.23. The Hall–Kier alpha value is -0.260. The summed E-state index contributed by atoms with van der Waals surface area (Å²) in [5, 5.41) is 0. The van der Waals surface area contributed by atoms with Crippen LogP contribution in [0.3, 0.4) is 0 Å². The highest BCUT2D eigenvalue weighted by Crippen LogP contribution is 2.62. The molecule has 0 radical (unpaired) electrons. The van der Waals surface area contributed by atoms with E-state index in [1.165, 1.54) is 5.57 Å². The summed E-state index contributed by atoms with van der Waals surface area (Å²) in [6, 6.07) is 0. The van der Waals surface area contributed by atoms with Crippen LogP contribution in [0.2, 0.25) is 0 Å². The van der Waals surface area contributed by atoms with Gasteiger partial charge in [-0.15, -0.1) is 0 Å². The summed E-state index contributed by atoms with van der Waals surface area (Å²) in [5.74, 6) is 1.67. The lowest BCUT2D eigenvalue weighted by atomic mass is 10.0. The first-order valence-electron chi connectivity index (χ1n) is 4.57. The molecule has 0 amide bonds. The number of hydrogen-bond acceptors (Lipinski definition) is 0. The second-order valence-corrected chi connectivity index (χ2v) is 4.86. The standard InChI is InChI=1S/C11H20/c1-7(2)9-10(8(3)4)11(9,5)6/h7,9H,1-6H3/t9-/m1/s1. The lowest BCUT2D eigenvalue weighted by molar-refractivity contribution is 0.451.